The highest BCUT2D eigenvalue weighted by molar-refractivity contribution is 8.00. The van der Waals surface area contributed by atoms with E-state index in [1.165, 1.54) is 28.8 Å². The van der Waals surface area contributed by atoms with Gasteiger partial charge in [0.2, 0.25) is 5.91 Å². The Morgan fingerprint density at radius 2 is 1.89 bits per heavy atom. The van der Waals surface area contributed by atoms with Crippen molar-refractivity contribution in [1.82, 2.24) is 5.32 Å². The number of thioether (sulfide) groups is 1. The molecule has 1 aliphatic rings. The number of anilines is 1. The zero-order valence-electron chi connectivity index (χ0n) is 14.3. The molecule has 2 aromatic rings. The summed E-state index contributed by atoms with van der Waals surface area (Å²) < 4.78 is 17.8. The van der Waals surface area contributed by atoms with Crippen molar-refractivity contribution in [2.75, 3.05) is 23.8 Å². The Morgan fingerprint density at radius 3 is 2.67 bits per heavy atom. The SMILES string of the molecule is O=C(COC(=O)CN1C(=O)CSc2ccccc21)NCc1ccc(F)cc1. The number of ether oxygens (including phenoxy) is 1. The highest BCUT2D eigenvalue weighted by atomic mass is 32.2. The molecule has 1 aliphatic heterocycles. The molecule has 1 N–H and O–H groups in total. The van der Waals surface area contributed by atoms with E-state index >= 15 is 0 Å². The first kappa shape index (κ1) is 18.9. The van der Waals surface area contributed by atoms with Crippen molar-refractivity contribution in [3.63, 3.8) is 0 Å². The molecule has 1 heterocycles. The molecule has 2 amide bonds. The Morgan fingerprint density at radius 1 is 1.15 bits per heavy atom. The summed E-state index contributed by atoms with van der Waals surface area (Å²) in [6, 6.07) is 13.0. The van der Waals surface area contributed by atoms with Crippen LogP contribution in [0.2, 0.25) is 0 Å². The van der Waals surface area contributed by atoms with Gasteiger partial charge in [0.25, 0.3) is 5.91 Å². The summed E-state index contributed by atoms with van der Waals surface area (Å²) in [5.74, 6) is -1.43. The molecule has 8 heteroatoms. The molecule has 0 unspecified atom stereocenters. The van der Waals surface area contributed by atoms with Gasteiger partial charge in [0.15, 0.2) is 6.61 Å². The Labute approximate surface area is 159 Å². The van der Waals surface area contributed by atoms with Gasteiger partial charge in [-0.1, -0.05) is 24.3 Å². The molecular weight excluding hydrogens is 371 g/mol. The molecule has 3 rings (SSSR count). The molecule has 0 aromatic heterocycles. The zero-order valence-corrected chi connectivity index (χ0v) is 15.1. The molecule has 0 aliphatic carbocycles. The fourth-order valence-electron chi connectivity index (χ4n) is 2.50. The Bertz CT molecular complexity index is 857. The number of para-hydroxylation sites is 1. The second-order valence-corrected chi connectivity index (χ2v) is 6.82. The Kier molecular flexibility index (Phi) is 6.08. The molecule has 2 aromatic carbocycles. The minimum absolute atomic E-state index is 0.184. The predicted molar refractivity (Wildman–Crippen MR) is 98.7 cm³/mol. The van der Waals surface area contributed by atoms with Crippen molar-refractivity contribution < 1.29 is 23.5 Å². The lowest BCUT2D eigenvalue weighted by atomic mass is 10.2. The van der Waals surface area contributed by atoms with E-state index in [4.69, 9.17) is 4.74 Å². The predicted octanol–water partition coefficient (Wildman–Crippen LogP) is 2.12. The number of halogens is 1. The third-order valence-electron chi connectivity index (χ3n) is 3.86. The third kappa shape index (κ3) is 5.07. The van der Waals surface area contributed by atoms with Crippen LogP contribution in [-0.2, 0) is 25.7 Å². The topological polar surface area (TPSA) is 75.7 Å². The molecule has 0 bridgehead atoms. The normalized spacial score (nSPS) is 13.1. The van der Waals surface area contributed by atoms with Gasteiger partial charge < -0.3 is 10.1 Å². The molecule has 140 valence electrons. The smallest absolute Gasteiger partial charge is 0.326 e. The summed E-state index contributed by atoms with van der Waals surface area (Å²) in [5.41, 5.74) is 1.39. The number of hydrogen-bond donors (Lipinski definition) is 1. The molecule has 0 saturated heterocycles. The van der Waals surface area contributed by atoms with Gasteiger partial charge >= 0.3 is 5.97 Å². The van der Waals surface area contributed by atoms with Crippen molar-refractivity contribution in [3.05, 3.63) is 59.9 Å². The van der Waals surface area contributed by atoms with E-state index in [1.807, 2.05) is 12.1 Å². The van der Waals surface area contributed by atoms with Crippen LogP contribution >= 0.6 is 11.8 Å². The van der Waals surface area contributed by atoms with E-state index in [2.05, 4.69) is 5.32 Å². The van der Waals surface area contributed by atoms with Crippen LogP contribution in [0, 0.1) is 5.82 Å². The largest absolute Gasteiger partial charge is 0.454 e. The fourth-order valence-corrected chi connectivity index (χ4v) is 3.44. The highest BCUT2D eigenvalue weighted by Gasteiger charge is 2.26. The number of rotatable bonds is 6. The maximum absolute atomic E-state index is 12.8. The zero-order chi connectivity index (χ0) is 19.2. The average Bonchev–Trinajstić information content (AvgIpc) is 2.68. The van der Waals surface area contributed by atoms with Gasteiger partial charge in [-0.2, -0.15) is 0 Å². The van der Waals surface area contributed by atoms with Crippen molar-refractivity contribution in [2.45, 2.75) is 11.4 Å². The minimum atomic E-state index is -0.665. The van der Waals surface area contributed by atoms with Gasteiger partial charge in [-0.05, 0) is 29.8 Å². The molecule has 0 saturated carbocycles. The molecular formula is C19H17FN2O4S. The van der Waals surface area contributed by atoms with Gasteiger partial charge in [-0.25, -0.2) is 4.39 Å². The summed E-state index contributed by atoms with van der Waals surface area (Å²) in [6.07, 6.45) is 0. The number of carbonyl (C=O) groups is 3. The number of hydrogen-bond acceptors (Lipinski definition) is 5. The van der Waals surface area contributed by atoms with E-state index in [0.717, 1.165) is 10.5 Å². The van der Waals surface area contributed by atoms with Crippen molar-refractivity contribution in [3.8, 4) is 0 Å². The number of amides is 2. The Balaban J connectivity index is 1.47. The van der Waals surface area contributed by atoms with E-state index in [1.54, 1.807) is 24.3 Å². The summed E-state index contributed by atoms with van der Waals surface area (Å²) in [7, 11) is 0. The van der Waals surface area contributed by atoms with Crippen LogP contribution in [0.4, 0.5) is 10.1 Å². The van der Waals surface area contributed by atoms with Crippen LogP contribution in [0.3, 0.4) is 0 Å². The molecule has 0 atom stereocenters. The molecule has 0 radical (unpaired) electrons. The van der Waals surface area contributed by atoms with E-state index in [0.29, 0.717) is 5.69 Å². The van der Waals surface area contributed by atoms with Crippen LogP contribution in [0.15, 0.2) is 53.4 Å². The maximum Gasteiger partial charge on any atom is 0.326 e. The van der Waals surface area contributed by atoms with Gasteiger partial charge in [0, 0.05) is 11.4 Å². The van der Waals surface area contributed by atoms with E-state index in [-0.39, 0.29) is 30.6 Å². The summed E-state index contributed by atoms with van der Waals surface area (Å²) in [5, 5.41) is 2.58. The number of nitrogens with zero attached hydrogens (tertiary/aromatic N) is 1. The van der Waals surface area contributed by atoms with E-state index in [9.17, 15) is 18.8 Å². The Hall–Kier alpha value is -2.87. The maximum atomic E-state index is 12.8. The first-order valence-corrected chi connectivity index (χ1v) is 9.20. The number of esters is 1. The molecule has 0 fully saturated rings. The number of fused-ring (bicyclic) bond motifs is 1. The van der Waals surface area contributed by atoms with E-state index < -0.39 is 18.5 Å². The molecule has 27 heavy (non-hydrogen) atoms. The fraction of sp³-hybridized carbons (Fsp3) is 0.211. The lowest BCUT2D eigenvalue weighted by molar-refractivity contribution is -0.147. The third-order valence-corrected chi connectivity index (χ3v) is 4.91. The van der Waals surface area contributed by atoms with Crippen LogP contribution < -0.4 is 10.2 Å². The minimum Gasteiger partial charge on any atom is -0.454 e. The summed E-state index contributed by atoms with van der Waals surface area (Å²) in [6.45, 7) is -0.494. The molecule has 0 spiro atoms. The van der Waals surface area contributed by atoms with Crippen LogP contribution in [0.25, 0.3) is 0 Å². The first-order valence-electron chi connectivity index (χ1n) is 8.22. The first-order chi connectivity index (χ1) is 13.0. The van der Waals surface area contributed by atoms with Crippen LogP contribution in [0.5, 0.6) is 0 Å². The van der Waals surface area contributed by atoms with Crippen LogP contribution in [-0.4, -0.2) is 36.7 Å². The van der Waals surface area contributed by atoms with Crippen molar-refractivity contribution >= 4 is 35.2 Å². The second kappa shape index (κ2) is 8.68. The lowest BCUT2D eigenvalue weighted by Gasteiger charge is -2.27. The second-order valence-electron chi connectivity index (χ2n) is 5.80. The van der Waals surface area contributed by atoms with Gasteiger partial charge in [-0.3, -0.25) is 19.3 Å². The quantitative estimate of drug-likeness (QED) is 0.768. The van der Waals surface area contributed by atoms with Crippen molar-refractivity contribution in [2.24, 2.45) is 0 Å². The summed E-state index contributed by atoms with van der Waals surface area (Å²) in [4.78, 5) is 38.2. The van der Waals surface area contributed by atoms with Crippen LogP contribution in [0.1, 0.15) is 5.56 Å². The van der Waals surface area contributed by atoms with Crippen molar-refractivity contribution in [1.29, 1.82) is 0 Å². The van der Waals surface area contributed by atoms with Gasteiger partial charge in [-0.15, -0.1) is 11.8 Å². The average molecular weight is 388 g/mol. The number of benzene rings is 2. The monoisotopic (exact) mass is 388 g/mol. The standard InChI is InChI=1S/C19H17FN2O4S/c20-14-7-5-13(6-8-14)9-21-17(23)11-26-19(25)10-22-15-3-1-2-4-16(15)27-12-18(22)24/h1-8H,9-12H2,(H,21,23). The lowest BCUT2D eigenvalue weighted by Crippen LogP contribution is -2.40. The summed E-state index contributed by atoms with van der Waals surface area (Å²) >= 11 is 1.42. The number of carbonyl (C=O) groups excluding carboxylic acids is 3. The molecule has 6 nitrogen and oxygen atoms in total. The highest BCUT2D eigenvalue weighted by Crippen LogP contribution is 2.34. The van der Waals surface area contributed by atoms with Gasteiger partial charge in [0.1, 0.15) is 12.4 Å². The van der Waals surface area contributed by atoms with Gasteiger partial charge in [0.05, 0.1) is 11.4 Å². The number of nitrogens with one attached hydrogen (secondary N) is 1.